The van der Waals surface area contributed by atoms with Crippen molar-refractivity contribution in [2.75, 3.05) is 37.4 Å². The number of benzene rings is 1. The number of amides is 2. The Morgan fingerprint density at radius 1 is 1.19 bits per heavy atom. The van der Waals surface area contributed by atoms with Crippen LogP contribution < -0.4 is 10.2 Å². The van der Waals surface area contributed by atoms with Crippen LogP contribution in [0, 0.1) is 5.92 Å². The predicted molar refractivity (Wildman–Crippen MR) is 107 cm³/mol. The van der Waals surface area contributed by atoms with Crippen LogP contribution in [0.3, 0.4) is 0 Å². The fourth-order valence-electron chi connectivity index (χ4n) is 3.16. The highest BCUT2D eigenvalue weighted by Gasteiger charge is 2.24. The smallest absolute Gasteiger partial charge is 0.265 e. The molecule has 0 spiro atoms. The minimum atomic E-state index is -0.150. The number of anilines is 2. The lowest BCUT2D eigenvalue weighted by Crippen LogP contribution is -2.38. The van der Waals surface area contributed by atoms with Crippen molar-refractivity contribution in [2.45, 2.75) is 19.8 Å². The molecular weight excluding hydrogens is 346 g/mol. The summed E-state index contributed by atoms with van der Waals surface area (Å²) in [7, 11) is 3.85. The molecule has 1 aromatic carbocycles. The van der Waals surface area contributed by atoms with Gasteiger partial charge in [-0.2, -0.15) is 0 Å². The molecule has 1 saturated heterocycles. The average molecular weight is 372 g/mol. The number of carbonyl (C=O) groups excluding carboxylic acids is 2. The summed E-state index contributed by atoms with van der Waals surface area (Å²) in [5, 5.41) is 4.77. The highest BCUT2D eigenvalue weighted by molar-refractivity contribution is 7.12. The van der Waals surface area contributed by atoms with Crippen LogP contribution in [0.4, 0.5) is 11.4 Å². The SMILES string of the molecule is CC1CCN(C(=O)c2cc(NC(=O)c3cccs3)ccc2N(C)C)CC1. The molecule has 1 aromatic heterocycles. The minimum absolute atomic E-state index is 0.0350. The van der Waals surface area contributed by atoms with Crippen molar-refractivity contribution >= 4 is 34.5 Å². The van der Waals surface area contributed by atoms with Gasteiger partial charge >= 0.3 is 0 Å². The molecule has 5 nitrogen and oxygen atoms in total. The van der Waals surface area contributed by atoms with Crippen LogP contribution >= 0.6 is 11.3 Å². The van der Waals surface area contributed by atoms with Crippen LogP contribution in [0.1, 0.15) is 39.8 Å². The summed E-state index contributed by atoms with van der Waals surface area (Å²) in [5.41, 5.74) is 2.14. The Bertz CT molecular complexity index is 778. The first-order chi connectivity index (χ1) is 12.5. The Morgan fingerprint density at radius 2 is 1.92 bits per heavy atom. The fraction of sp³-hybridized carbons (Fsp3) is 0.400. The van der Waals surface area contributed by atoms with Gasteiger partial charge in [-0.05, 0) is 48.4 Å². The van der Waals surface area contributed by atoms with E-state index in [9.17, 15) is 9.59 Å². The minimum Gasteiger partial charge on any atom is -0.377 e. The standard InChI is InChI=1S/C20H25N3O2S/c1-14-8-10-23(11-9-14)20(25)16-13-15(6-7-17(16)22(2)3)21-19(24)18-5-4-12-26-18/h4-7,12-14H,8-11H2,1-3H3,(H,21,24). The van der Waals surface area contributed by atoms with Gasteiger partial charge in [0, 0.05) is 38.6 Å². The van der Waals surface area contributed by atoms with Gasteiger partial charge in [0.15, 0.2) is 0 Å². The van der Waals surface area contributed by atoms with E-state index >= 15 is 0 Å². The topological polar surface area (TPSA) is 52.7 Å². The molecule has 1 aliphatic rings. The van der Waals surface area contributed by atoms with Crippen molar-refractivity contribution in [3.8, 4) is 0 Å². The van der Waals surface area contributed by atoms with Gasteiger partial charge in [-0.25, -0.2) is 0 Å². The molecule has 0 bridgehead atoms. The number of thiophene rings is 1. The van der Waals surface area contributed by atoms with Crippen molar-refractivity contribution < 1.29 is 9.59 Å². The average Bonchev–Trinajstić information content (AvgIpc) is 3.16. The van der Waals surface area contributed by atoms with Crippen molar-refractivity contribution in [3.05, 3.63) is 46.2 Å². The van der Waals surface area contributed by atoms with Crippen molar-refractivity contribution in [1.29, 1.82) is 0 Å². The molecule has 0 unspecified atom stereocenters. The van der Waals surface area contributed by atoms with Gasteiger partial charge in [0.05, 0.1) is 10.4 Å². The van der Waals surface area contributed by atoms with E-state index in [1.165, 1.54) is 11.3 Å². The third kappa shape index (κ3) is 4.07. The lowest BCUT2D eigenvalue weighted by molar-refractivity contribution is 0.0697. The van der Waals surface area contributed by atoms with Crippen LogP contribution in [0.15, 0.2) is 35.7 Å². The van der Waals surface area contributed by atoms with E-state index in [4.69, 9.17) is 0 Å². The van der Waals surface area contributed by atoms with Gasteiger partial charge in [-0.1, -0.05) is 13.0 Å². The molecular formula is C20H25N3O2S. The second-order valence-corrected chi connectivity index (χ2v) is 7.98. The van der Waals surface area contributed by atoms with Crippen molar-refractivity contribution in [1.82, 2.24) is 4.90 Å². The number of piperidine rings is 1. The van der Waals surface area contributed by atoms with Gasteiger partial charge in [0.25, 0.3) is 11.8 Å². The monoisotopic (exact) mass is 371 g/mol. The molecule has 1 N–H and O–H groups in total. The second-order valence-electron chi connectivity index (χ2n) is 7.03. The maximum absolute atomic E-state index is 13.1. The van der Waals surface area contributed by atoms with Crippen molar-refractivity contribution in [3.63, 3.8) is 0 Å². The molecule has 2 amide bonds. The lowest BCUT2D eigenvalue weighted by Gasteiger charge is -2.31. The largest absolute Gasteiger partial charge is 0.377 e. The zero-order valence-electron chi connectivity index (χ0n) is 15.5. The van der Waals surface area contributed by atoms with E-state index in [2.05, 4.69) is 12.2 Å². The van der Waals surface area contributed by atoms with Gasteiger partial charge < -0.3 is 15.1 Å². The Kier molecular flexibility index (Phi) is 5.61. The summed E-state index contributed by atoms with van der Waals surface area (Å²) in [4.78, 5) is 29.9. The summed E-state index contributed by atoms with van der Waals surface area (Å²) in [5.74, 6) is 0.555. The third-order valence-corrected chi connectivity index (χ3v) is 5.65. The van der Waals surface area contributed by atoms with Gasteiger partial charge in [0.1, 0.15) is 0 Å². The van der Waals surface area contributed by atoms with Crippen LogP contribution in [-0.2, 0) is 0 Å². The van der Waals surface area contributed by atoms with Gasteiger partial charge in [0.2, 0.25) is 0 Å². The van der Waals surface area contributed by atoms with Crippen molar-refractivity contribution in [2.24, 2.45) is 5.92 Å². The Labute approximate surface area is 158 Å². The van der Waals surface area contributed by atoms with E-state index in [1.807, 2.05) is 47.5 Å². The summed E-state index contributed by atoms with van der Waals surface area (Å²) in [6.45, 7) is 3.81. The highest BCUT2D eigenvalue weighted by atomic mass is 32.1. The first-order valence-corrected chi connectivity index (χ1v) is 9.79. The molecule has 138 valence electrons. The maximum atomic E-state index is 13.1. The summed E-state index contributed by atoms with van der Waals surface area (Å²) in [6, 6.07) is 9.16. The summed E-state index contributed by atoms with van der Waals surface area (Å²) < 4.78 is 0. The molecule has 3 rings (SSSR count). The molecule has 1 aliphatic heterocycles. The Hall–Kier alpha value is -2.34. The molecule has 0 radical (unpaired) electrons. The summed E-state index contributed by atoms with van der Waals surface area (Å²) >= 11 is 1.40. The first-order valence-electron chi connectivity index (χ1n) is 8.91. The predicted octanol–water partition coefficient (Wildman–Crippen LogP) is 3.94. The maximum Gasteiger partial charge on any atom is 0.265 e. The molecule has 2 aromatic rings. The zero-order chi connectivity index (χ0) is 18.7. The summed E-state index contributed by atoms with van der Waals surface area (Å²) in [6.07, 6.45) is 2.08. The number of hydrogen-bond acceptors (Lipinski definition) is 4. The van der Waals surface area contributed by atoms with Crippen LogP contribution in [0.25, 0.3) is 0 Å². The lowest BCUT2D eigenvalue weighted by atomic mass is 9.98. The molecule has 26 heavy (non-hydrogen) atoms. The quantitative estimate of drug-likeness (QED) is 0.886. The van der Waals surface area contributed by atoms with E-state index in [0.29, 0.717) is 22.0 Å². The van der Waals surface area contributed by atoms with Crippen LogP contribution in [0.5, 0.6) is 0 Å². The molecule has 0 aliphatic carbocycles. The van der Waals surface area contributed by atoms with E-state index in [-0.39, 0.29) is 11.8 Å². The third-order valence-electron chi connectivity index (χ3n) is 4.78. The second kappa shape index (κ2) is 7.91. The number of nitrogens with one attached hydrogen (secondary N) is 1. The van der Waals surface area contributed by atoms with E-state index in [0.717, 1.165) is 31.6 Å². The molecule has 6 heteroatoms. The highest BCUT2D eigenvalue weighted by Crippen LogP contribution is 2.27. The number of likely N-dealkylation sites (tertiary alicyclic amines) is 1. The normalized spacial score (nSPS) is 15.0. The molecule has 2 heterocycles. The first kappa shape index (κ1) is 18.5. The fourth-order valence-corrected chi connectivity index (χ4v) is 3.78. The molecule has 1 fully saturated rings. The van der Waals surface area contributed by atoms with E-state index in [1.54, 1.807) is 12.1 Å². The van der Waals surface area contributed by atoms with Crippen LogP contribution in [-0.4, -0.2) is 43.9 Å². The van der Waals surface area contributed by atoms with Crippen LogP contribution in [0.2, 0.25) is 0 Å². The number of carbonyl (C=O) groups is 2. The zero-order valence-corrected chi connectivity index (χ0v) is 16.3. The number of hydrogen-bond donors (Lipinski definition) is 1. The Balaban J connectivity index is 1.84. The molecule has 0 atom stereocenters. The van der Waals surface area contributed by atoms with Gasteiger partial charge in [-0.3, -0.25) is 9.59 Å². The number of nitrogens with zero attached hydrogens (tertiary/aromatic N) is 2. The van der Waals surface area contributed by atoms with Gasteiger partial charge in [-0.15, -0.1) is 11.3 Å². The van der Waals surface area contributed by atoms with E-state index < -0.39 is 0 Å². The molecule has 0 saturated carbocycles. The Morgan fingerprint density at radius 3 is 2.54 bits per heavy atom. The number of rotatable bonds is 4.